The molecule has 0 aromatic heterocycles. The van der Waals surface area contributed by atoms with E-state index in [1.807, 2.05) is 7.05 Å². The molecule has 112 valence electrons. The Labute approximate surface area is 117 Å². The van der Waals surface area contributed by atoms with E-state index in [0.29, 0.717) is 24.8 Å². The predicted octanol–water partition coefficient (Wildman–Crippen LogP) is 0.471. The van der Waals surface area contributed by atoms with Crippen LogP contribution in [-0.4, -0.2) is 62.6 Å². The van der Waals surface area contributed by atoms with Crippen molar-refractivity contribution in [2.75, 3.05) is 39.0 Å². The van der Waals surface area contributed by atoms with E-state index in [-0.39, 0.29) is 6.04 Å². The van der Waals surface area contributed by atoms with Crippen molar-refractivity contribution in [3.63, 3.8) is 0 Å². The van der Waals surface area contributed by atoms with Crippen molar-refractivity contribution >= 4 is 10.0 Å². The van der Waals surface area contributed by atoms with Crippen molar-refractivity contribution in [1.82, 2.24) is 9.21 Å². The third-order valence-corrected chi connectivity index (χ3v) is 6.52. The molecule has 2 N–H and O–H groups in total. The minimum Gasteiger partial charge on any atom is -0.329 e. The second-order valence-corrected chi connectivity index (χ2v) is 8.01. The van der Waals surface area contributed by atoms with Crippen molar-refractivity contribution in [2.45, 2.75) is 38.1 Å². The average molecular weight is 289 g/mol. The zero-order chi connectivity index (χ0) is 13.9. The lowest BCUT2D eigenvalue weighted by atomic mass is 9.91. The minimum absolute atomic E-state index is 0.0488. The number of hydrogen-bond acceptors (Lipinski definition) is 4. The van der Waals surface area contributed by atoms with E-state index in [1.165, 1.54) is 19.3 Å². The maximum absolute atomic E-state index is 12.6. The molecular formula is C13H27N3O2S. The van der Waals surface area contributed by atoms with Gasteiger partial charge in [-0.3, -0.25) is 0 Å². The van der Waals surface area contributed by atoms with Crippen LogP contribution in [0.3, 0.4) is 0 Å². The van der Waals surface area contributed by atoms with E-state index in [1.54, 1.807) is 4.31 Å². The summed E-state index contributed by atoms with van der Waals surface area (Å²) in [7, 11) is -1.12. The van der Waals surface area contributed by atoms with Gasteiger partial charge in [-0.05, 0) is 25.8 Å². The highest BCUT2D eigenvalue weighted by atomic mass is 32.2. The van der Waals surface area contributed by atoms with Crippen LogP contribution < -0.4 is 5.73 Å². The molecule has 19 heavy (non-hydrogen) atoms. The van der Waals surface area contributed by atoms with Crippen molar-refractivity contribution in [2.24, 2.45) is 11.7 Å². The van der Waals surface area contributed by atoms with Gasteiger partial charge in [0, 0.05) is 32.2 Å². The lowest BCUT2D eigenvalue weighted by Crippen LogP contribution is -2.57. The van der Waals surface area contributed by atoms with Crippen molar-refractivity contribution in [1.29, 1.82) is 0 Å². The summed E-state index contributed by atoms with van der Waals surface area (Å²) in [5.41, 5.74) is 5.75. The summed E-state index contributed by atoms with van der Waals surface area (Å²) in [6.45, 7) is 2.56. The van der Waals surface area contributed by atoms with Gasteiger partial charge in [0.15, 0.2) is 0 Å². The van der Waals surface area contributed by atoms with Gasteiger partial charge in [-0.1, -0.05) is 19.3 Å². The summed E-state index contributed by atoms with van der Waals surface area (Å²) in [5, 5.41) is 0. The van der Waals surface area contributed by atoms with Crippen LogP contribution in [0.2, 0.25) is 0 Å². The van der Waals surface area contributed by atoms with E-state index in [9.17, 15) is 8.42 Å². The molecule has 6 heteroatoms. The van der Waals surface area contributed by atoms with Crippen molar-refractivity contribution in [3.8, 4) is 0 Å². The Hall–Kier alpha value is -0.170. The Kier molecular flexibility index (Phi) is 5.22. The smallest absolute Gasteiger partial charge is 0.214 e. The summed E-state index contributed by atoms with van der Waals surface area (Å²) < 4.78 is 26.8. The van der Waals surface area contributed by atoms with Gasteiger partial charge in [0.1, 0.15) is 0 Å². The third-order valence-electron chi connectivity index (χ3n) is 4.43. The lowest BCUT2D eigenvalue weighted by Gasteiger charge is -2.39. The Morgan fingerprint density at radius 2 is 1.84 bits per heavy atom. The second kappa shape index (κ2) is 6.52. The minimum atomic E-state index is -3.14. The average Bonchev–Trinajstić information content (AvgIpc) is 2.38. The molecule has 1 saturated heterocycles. The third kappa shape index (κ3) is 3.90. The molecule has 1 heterocycles. The maximum atomic E-state index is 12.6. The van der Waals surface area contributed by atoms with E-state index >= 15 is 0 Å². The fourth-order valence-electron chi connectivity index (χ4n) is 3.30. The van der Waals surface area contributed by atoms with Gasteiger partial charge in [0.05, 0.1) is 5.75 Å². The molecule has 1 unspecified atom stereocenters. The van der Waals surface area contributed by atoms with Crippen molar-refractivity contribution < 1.29 is 8.42 Å². The number of piperazine rings is 1. The van der Waals surface area contributed by atoms with Crippen LogP contribution in [0.5, 0.6) is 0 Å². The Bertz CT molecular complexity index is 379. The normalized spacial score (nSPS) is 28.6. The monoisotopic (exact) mass is 289 g/mol. The first-order valence-electron chi connectivity index (χ1n) is 7.41. The summed E-state index contributed by atoms with van der Waals surface area (Å²) >= 11 is 0. The summed E-state index contributed by atoms with van der Waals surface area (Å²) in [4.78, 5) is 2.16. The number of nitrogens with two attached hydrogens (primary N) is 1. The first kappa shape index (κ1) is 15.2. The highest BCUT2D eigenvalue weighted by molar-refractivity contribution is 7.89. The van der Waals surface area contributed by atoms with E-state index in [2.05, 4.69) is 4.90 Å². The van der Waals surface area contributed by atoms with Gasteiger partial charge in [-0.15, -0.1) is 0 Å². The topological polar surface area (TPSA) is 66.6 Å². The largest absolute Gasteiger partial charge is 0.329 e. The Balaban J connectivity index is 2.00. The van der Waals surface area contributed by atoms with Crippen LogP contribution in [-0.2, 0) is 10.0 Å². The number of sulfonamides is 1. The Morgan fingerprint density at radius 3 is 2.47 bits per heavy atom. The van der Waals surface area contributed by atoms with Crippen molar-refractivity contribution in [3.05, 3.63) is 0 Å². The van der Waals surface area contributed by atoms with Crippen LogP contribution in [0.4, 0.5) is 0 Å². The predicted molar refractivity (Wildman–Crippen MR) is 77.4 cm³/mol. The van der Waals surface area contributed by atoms with Crippen LogP contribution >= 0.6 is 0 Å². The van der Waals surface area contributed by atoms with Gasteiger partial charge in [-0.2, -0.15) is 4.31 Å². The SMILES string of the molecule is CN1CCN(S(=O)(=O)CC2CCCCC2)C(CN)C1. The summed E-state index contributed by atoms with van der Waals surface area (Å²) in [6.07, 6.45) is 5.77. The molecule has 1 aliphatic carbocycles. The van der Waals surface area contributed by atoms with Crippen LogP contribution in [0.1, 0.15) is 32.1 Å². The van der Waals surface area contributed by atoms with Gasteiger partial charge in [-0.25, -0.2) is 8.42 Å². The standard InChI is InChI=1S/C13H27N3O2S/c1-15-7-8-16(13(9-14)10-15)19(17,18)11-12-5-3-2-4-6-12/h12-13H,2-11,14H2,1H3. The molecule has 1 atom stereocenters. The number of likely N-dealkylation sites (N-methyl/N-ethyl adjacent to an activating group) is 1. The quantitative estimate of drug-likeness (QED) is 0.817. The summed E-state index contributed by atoms with van der Waals surface area (Å²) in [6, 6.07) is -0.0488. The first-order chi connectivity index (χ1) is 9.03. The fraction of sp³-hybridized carbons (Fsp3) is 1.00. The van der Waals surface area contributed by atoms with Gasteiger partial charge >= 0.3 is 0 Å². The second-order valence-electron chi connectivity index (χ2n) is 6.05. The van der Waals surface area contributed by atoms with Crippen LogP contribution in [0.25, 0.3) is 0 Å². The molecule has 2 aliphatic rings. The number of hydrogen-bond donors (Lipinski definition) is 1. The molecule has 0 aromatic carbocycles. The number of nitrogens with zero attached hydrogens (tertiary/aromatic N) is 2. The Morgan fingerprint density at radius 1 is 1.16 bits per heavy atom. The highest BCUT2D eigenvalue weighted by Gasteiger charge is 2.34. The molecule has 5 nitrogen and oxygen atoms in total. The molecule has 1 aliphatic heterocycles. The van der Waals surface area contributed by atoms with Gasteiger partial charge in [0.25, 0.3) is 0 Å². The van der Waals surface area contributed by atoms with E-state index in [0.717, 1.165) is 25.9 Å². The lowest BCUT2D eigenvalue weighted by molar-refractivity contribution is 0.163. The first-order valence-corrected chi connectivity index (χ1v) is 9.02. The van der Waals surface area contributed by atoms with Gasteiger partial charge in [0.2, 0.25) is 10.0 Å². The highest BCUT2D eigenvalue weighted by Crippen LogP contribution is 2.26. The molecule has 0 spiro atoms. The van der Waals surface area contributed by atoms with Gasteiger partial charge < -0.3 is 10.6 Å². The van der Waals surface area contributed by atoms with E-state index in [4.69, 9.17) is 5.73 Å². The zero-order valence-electron chi connectivity index (χ0n) is 11.9. The molecule has 2 rings (SSSR count). The zero-order valence-corrected chi connectivity index (χ0v) is 12.7. The molecule has 0 amide bonds. The molecule has 0 bridgehead atoms. The van der Waals surface area contributed by atoms with Crippen LogP contribution in [0, 0.1) is 5.92 Å². The molecule has 0 radical (unpaired) electrons. The van der Waals surface area contributed by atoms with E-state index < -0.39 is 10.0 Å². The molecule has 1 saturated carbocycles. The molecular weight excluding hydrogens is 262 g/mol. The molecule has 0 aromatic rings. The summed E-state index contributed by atoms with van der Waals surface area (Å²) in [5.74, 6) is 0.685. The fourth-order valence-corrected chi connectivity index (χ4v) is 5.39. The van der Waals surface area contributed by atoms with Crippen LogP contribution in [0.15, 0.2) is 0 Å². The maximum Gasteiger partial charge on any atom is 0.214 e. The molecule has 2 fully saturated rings. The number of rotatable bonds is 4.